The van der Waals surface area contributed by atoms with Crippen LogP contribution in [0.3, 0.4) is 0 Å². The fourth-order valence-corrected chi connectivity index (χ4v) is 4.96. The third-order valence-electron chi connectivity index (χ3n) is 5.92. The predicted octanol–water partition coefficient (Wildman–Crippen LogP) is 4.63. The molecule has 0 bridgehead atoms. The summed E-state index contributed by atoms with van der Waals surface area (Å²) >= 11 is 1.56. The van der Waals surface area contributed by atoms with E-state index in [0.717, 1.165) is 21.8 Å². The summed E-state index contributed by atoms with van der Waals surface area (Å²) in [6, 6.07) is 11.3. The molecule has 1 saturated carbocycles. The molecule has 154 valence electrons. The normalized spacial score (nSPS) is 18.5. The Bertz CT molecular complexity index is 1440. The average molecular weight is 431 g/mol. The number of aromatic nitrogens is 4. The molecule has 4 aromatic heterocycles. The highest BCUT2D eigenvalue weighted by atomic mass is 32.1. The molecule has 4 heterocycles. The number of fused-ring (bicyclic) bond motifs is 2. The van der Waals surface area contributed by atoms with Crippen molar-refractivity contribution in [3.63, 3.8) is 0 Å². The van der Waals surface area contributed by atoms with Gasteiger partial charge in [0.1, 0.15) is 28.4 Å². The summed E-state index contributed by atoms with van der Waals surface area (Å²) in [5.74, 6) is 0.726. The fraction of sp³-hybridized carbons (Fsp3) is 0.174. The second kappa shape index (κ2) is 6.83. The molecular weight excluding hydrogens is 413 g/mol. The van der Waals surface area contributed by atoms with Crippen molar-refractivity contribution in [3.05, 3.63) is 65.8 Å². The molecule has 6 rings (SSSR count). The van der Waals surface area contributed by atoms with Crippen molar-refractivity contribution in [3.8, 4) is 21.8 Å². The Morgan fingerprint density at radius 3 is 2.74 bits per heavy atom. The number of aliphatic hydroxyl groups excluding tert-OH is 1. The number of halogens is 1. The third-order valence-corrected chi connectivity index (χ3v) is 6.81. The number of nitrogen functional groups attached to an aromatic ring is 1. The summed E-state index contributed by atoms with van der Waals surface area (Å²) < 4.78 is 17.7. The molecule has 6 nitrogen and oxygen atoms in total. The van der Waals surface area contributed by atoms with Crippen molar-refractivity contribution in [2.75, 3.05) is 5.73 Å². The molecule has 0 radical (unpaired) electrons. The van der Waals surface area contributed by atoms with E-state index >= 15 is 4.39 Å². The van der Waals surface area contributed by atoms with Gasteiger partial charge >= 0.3 is 0 Å². The lowest BCUT2D eigenvalue weighted by Crippen LogP contribution is -2.27. The maximum atomic E-state index is 15.8. The van der Waals surface area contributed by atoms with Gasteiger partial charge in [0.2, 0.25) is 0 Å². The van der Waals surface area contributed by atoms with Gasteiger partial charge in [-0.25, -0.2) is 19.3 Å². The monoisotopic (exact) mass is 431 g/mol. The van der Waals surface area contributed by atoms with E-state index in [-0.39, 0.29) is 17.8 Å². The van der Waals surface area contributed by atoms with E-state index in [1.54, 1.807) is 29.8 Å². The van der Waals surface area contributed by atoms with Crippen LogP contribution in [0.5, 0.6) is 0 Å². The van der Waals surface area contributed by atoms with E-state index in [4.69, 9.17) is 10.7 Å². The van der Waals surface area contributed by atoms with Gasteiger partial charge < -0.3 is 10.8 Å². The molecule has 5 aromatic rings. The van der Waals surface area contributed by atoms with Crippen LogP contribution in [0.15, 0.2) is 54.2 Å². The molecule has 31 heavy (non-hydrogen) atoms. The lowest BCUT2D eigenvalue weighted by atomic mass is 9.82. The lowest BCUT2D eigenvalue weighted by Gasteiger charge is -2.30. The fourth-order valence-electron chi connectivity index (χ4n) is 4.26. The number of aliphatic hydroxyl groups is 1. The number of rotatable bonds is 3. The van der Waals surface area contributed by atoms with Crippen LogP contribution in [0.4, 0.5) is 10.2 Å². The molecule has 1 aromatic carbocycles. The number of anilines is 1. The first-order valence-electron chi connectivity index (χ1n) is 10.0. The Hall–Kier alpha value is -3.36. The molecule has 0 amide bonds. The van der Waals surface area contributed by atoms with Crippen LogP contribution in [0, 0.1) is 5.82 Å². The van der Waals surface area contributed by atoms with Crippen LogP contribution >= 0.6 is 11.3 Å². The van der Waals surface area contributed by atoms with E-state index in [1.807, 2.05) is 40.1 Å². The second-order valence-corrected chi connectivity index (χ2v) is 8.79. The minimum Gasteiger partial charge on any atom is -0.393 e. The number of benzene rings is 1. The number of imidazole rings is 1. The summed E-state index contributed by atoms with van der Waals surface area (Å²) in [4.78, 5) is 14.6. The summed E-state index contributed by atoms with van der Waals surface area (Å²) in [6.45, 7) is 0. The van der Waals surface area contributed by atoms with Crippen LogP contribution in [-0.4, -0.2) is 30.6 Å². The molecule has 1 aliphatic rings. The first-order chi connectivity index (χ1) is 15.1. The van der Waals surface area contributed by atoms with Gasteiger partial charge in [-0.3, -0.25) is 4.40 Å². The van der Waals surface area contributed by atoms with Gasteiger partial charge in [-0.1, -0.05) is 18.2 Å². The van der Waals surface area contributed by atoms with Crippen LogP contribution in [0.1, 0.15) is 24.6 Å². The first-order valence-corrected chi connectivity index (χ1v) is 10.9. The minimum atomic E-state index is -0.431. The number of nitrogens with two attached hydrogens (primary N) is 1. The molecular formula is C23H18FN5OS. The van der Waals surface area contributed by atoms with E-state index in [9.17, 15) is 5.11 Å². The van der Waals surface area contributed by atoms with Gasteiger partial charge in [0.15, 0.2) is 5.82 Å². The standard InChI is InChI=1S/C23H18FN5OS/c24-18-15(5-3-12-4-6-16(27-19(12)18)17-2-1-9-31-17)20-21-22(25)26-7-8-29(21)23(28-20)13-10-14(30)11-13/h1-9,13-14,30H,10-11H2,(H2,25,26). The van der Waals surface area contributed by atoms with Gasteiger partial charge in [0, 0.05) is 29.3 Å². The zero-order valence-electron chi connectivity index (χ0n) is 16.4. The molecule has 8 heteroatoms. The average Bonchev–Trinajstić information content (AvgIpc) is 3.41. The van der Waals surface area contributed by atoms with Crippen molar-refractivity contribution in [1.82, 2.24) is 19.4 Å². The van der Waals surface area contributed by atoms with Gasteiger partial charge in [-0.2, -0.15) is 0 Å². The van der Waals surface area contributed by atoms with Gasteiger partial charge in [0.25, 0.3) is 0 Å². The molecule has 0 aliphatic heterocycles. The quantitative estimate of drug-likeness (QED) is 0.435. The van der Waals surface area contributed by atoms with Gasteiger partial charge in [0.05, 0.1) is 16.7 Å². The van der Waals surface area contributed by atoms with Gasteiger partial charge in [-0.15, -0.1) is 11.3 Å². The SMILES string of the molecule is Nc1nccn2c(C3CC(O)C3)nc(-c3ccc4ccc(-c5cccs5)nc4c3F)c12. The molecule has 0 saturated heterocycles. The van der Waals surface area contributed by atoms with Crippen molar-refractivity contribution in [2.45, 2.75) is 24.9 Å². The maximum Gasteiger partial charge on any atom is 0.158 e. The number of pyridine rings is 1. The molecule has 0 spiro atoms. The molecule has 1 fully saturated rings. The largest absolute Gasteiger partial charge is 0.393 e. The van der Waals surface area contributed by atoms with E-state index in [1.165, 1.54) is 0 Å². The van der Waals surface area contributed by atoms with Gasteiger partial charge in [-0.05, 0) is 36.4 Å². The lowest BCUT2D eigenvalue weighted by molar-refractivity contribution is 0.0715. The van der Waals surface area contributed by atoms with Crippen LogP contribution in [0.2, 0.25) is 0 Å². The highest BCUT2D eigenvalue weighted by molar-refractivity contribution is 7.13. The summed E-state index contributed by atoms with van der Waals surface area (Å²) in [5, 5.41) is 12.4. The van der Waals surface area contributed by atoms with E-state index in [2.05, 4.69) is 9.97 Å². The number of hydrogen-bond acceptors (Lipinski definition) is 6. The van der Waals surface area contributed by atoms with Crippen molar-refractivity contribution in [1.29, 1.82) is 0 Å². The number of hydrogen-bond donors (Lipinski definition) is 2. The summed E-state index contributed by atoms with van der Waals surface area (Å²) in [7, 11) is 0. The smallest absolute Gasteiger partial charge is 0.158 e. The Kier molecular flexibility index (Phi) is 4.06. The topological polar surface area (TPSA) is 89.3 Å². The number of thiophene rings is 1. The zero-order valence-corrected chi connectivity index (χ0v) is 17.2. The predicted molar refractivity (Wildman–Crippen MR) is 119 cm³/mol. The molecule has 3 N–H and O–H groups in total. The Morgan fingerprint density at radius 1 is 1.13 bits per heavy atom. The summed E-state index contributed by atoms with van der Waals surface area (Å²) in [6.07, 6.45) is 4.34. The Morgan fingerprint density at radius 2 is 1.97 bits per heavy atom. The number of nitrogens with zero attached hydrogens (tertiary/aromatic N) is 4. The minimum absolute atomic E-state index is 0.102. The van der Waals surface area contributed by atoms with Crippen molar-refractivity contribution < 1.29 is 9.50 Å². The molecule has 0 atom stereocenters. The third kappa shape index (κ3) is 2.83. The van der Waals surface area contributed by atoms with Crippen molar-refractivity contribution >= 4 is 33.6 Å². The highest BCUT2D eigenvalue weighted by Crippen LogP contribution is 2.40. The van der Waals surface area contributed by atoms with Crippen LogP contribution in [0.25, 0.3) is 38.2 Å². The summed E-state index contributed by atoms with van der Waals surface area (Å²) in [5.41, 5.74) is 8.58. The highest BCUT2D eigenvalue weighted by Gasteiger charge is 2.33. The Labute approximate surface area is 180 Å². The van der Waals surface area contributed by atoms with Crippen LogP contribution < -0.4 is 5.73 Å². The molecule has 1 aliphatic carbocycles. The Balaban J connectivity index is 1.57. The second-order valence-electron chi connectivity index (χ2n) is 7.84. The van der Waals surface area contributed by atoms with E-state index < -0.39 is 5.82 Å². The maximum absolute atomic E-state index is 15.8. The van der Waals surface area contributed by atoms with Crippen molar-refractivity contribution in [2.24, 2.45) is 0 Å². The van der Waals surface area contributed by atoms with Crippen LogP contribution in [-0.2, 0) is 0 Å². The zero-order chi connectivity index (χ0) is 21.1. The van der Waals surface area contributed by atoms with E-state index in [0.29, 0.717) is 35.1 Å². The first kappa shape index (κ1) is 18.4. The molecule has 0 unspecified atom stereocenters.